The van der Waals surface area contributed by atoms with Crippen molar-refractivity contribution in [2.75, 3.05) is 54.2 Å². The highest BCUT2D eigenvalue weighted by Gasteiger charge is 2.25. The van der Waals surface area contributed by atoms with Gasteiger partial charge in [0.15, 0.2) is 0 Å². The van der Waals surface area contributed by atoms with E-state index < -0.39 is 0 Å². The molecule has 0 aliphatic rings. The van der Waals surface area contributed by atoms with E-state index in [1.165, 1.54) is 5.52 Å². The van der Waals surface area contributed by atoms with Crippen LogP contribution in [0.5, 0.6) is 0 Å². The van der Waals surface area contributed by atoms with Gasteiger partial charge >= 0.3 is 0 Å². The topological polar surface area (TPSA) is 57.9 Å². The van der Waals surface area contributed by atoms with Crippen LogP contribution in [0.3, 0.4) is 0 Å². The summed E-state index contributed by atoms with van der Waals surface area (Å²) in [6.07, 6.45) is 0. The van der Waals surface area contributed by atoms with Gasteiger partial charge in [0.2, 0.25) is 0 Å². The molecule has 0 bridgehead atoms. The van der Waals surface area contributed by atoms with Gasteiger partial charge in [0.1, 0.15) is 5.69 Å². The summed E-state index contributed by atoms with van der Waals surface area (Å²) in [5.41, 5.74) is 4.00. The lowest BCUT2D eigenvalue weighted by Gasteiger charge is -2.23. The fourth-order valence-corrected chi connectivity index (χ4v) is 4.04. The highest BCUT2D eigenvalue weighted by atomic mass is 16.5. The first-order valence-corrected chi connectivity index (χ1v) is 10.4. The standard InChI is InChI=1S/C23H33N3O4/c1-17(2)26-19-9-7-6-8-18(19)22-20(26)16-21(25(22)12-15-30-5)23(27)24(10-13-28-3)11-14-29-4/h6-9,16-17H,10-15H2,1-5H3. The third-order valence-electron chi connectivity index (χ3n) is 5.43. The van der Waals surface area contributed by atoms with Gasteiger partial charge in [0.05, 0.1) is 36.4 Å². The molecular formula is C23H33N3O4. The van der Waals surface area contributed by atoms with Crippen LogP contribution in [0.25, 0.3) is 21.9 Å². The zero-order valence-electron chi connectivity index (χ0n) is 18.7. The van der Waals surface area contributed by atoms with E-state index in [0.717, 1.165) is 16.4 Å². The average Bonchev–Trinajstić information content (AvgIpc) is 3.26. The number of fused-ring (bicyclic) bond motifs is 3. The molecule has 7 nitrogen and oxygen atoms in total. The monoisotopic (exact) mass is 415 g/mol. The lowest BCUT2D eigenvalue weighted by molar-refractivity contribution is 0.0616. The maximum absolute atomic E-state index is 13.6. The van der Waals surface area contributed by atoms with Crippen LogP contribution in [0.15, 0.2) is 30.3 Å². The summed E-state index contributed by atoms with van der Waals surface area (Å²) in [7, 11) is 4.97. The summed E-state index contributed by atoms with van der Waals surface area (Å²) in [6.45, 7) is 7.47. The van der Waals surface area contributed by atoms with Crippen LogP contribution in [-0.2, 0) is 20.8 Å². The van der Waals surface area contributed by atoms with Crippen LogP contribution in [0, 0.1) is 0 Å². The van der Waals surface area contributed by atoms with Gasteiger partial charge in [0.25, 0.3) is 5.91 Å². The Kier molecular flexibility index (Phi) is 7.53. The van der Waals surface area contributed by atoms with Crippen LogP contribution in [0.4, 0.5) is 0 Å². The van der Waals surface area contributed by atoms with Crippen LogP contribution < -0.4 is 0 Å². The molecular weight excluding hydrogens is 382 g/mol. The van der Waals surface area contributed by atoms with Gasteiger partial charge in [0, 0.05) is 52.4 Å². The predicted octanol–water partition coefficient (Wildman–Crippen LogP) is 3.56. The molecule has 1 aromatic carbocycles. The molecule has 3 rings (SSSR count). The van der Waals surface area contributed by atoms with Crippen LogP contribution in [0.1, 0.15) is 30.4 Å². The van der Waals surface area contributed by atoms with Crippen molar-refractivity contribution in [2.24, 2.45) is 0 Å². The van der Waals surface area contributed by atoms with Crippen molar-refractivity contribution >= 4 is 27.8 Å². The third-order valence-corrected chi connectivity index (χ3v) is 5.43. The van der Waals surface area contributed by atoms with Crippen molar-refractivity contribution in [1.29, 1.82) is 0 Å². The highest BCUT2D eigenvalue weighted by molar-refractivity contribution is 6.10. The number of ether oxygens (including phenoxy) is 3. The van der Waals surface area contributed by atoms with Gasteiger partial charge < -0.3 is 28.2 Å². The van der Waals surface area contributed by atoms with Crippen molar-refractivity contribution < 1.29 is 19.0 Å². The van der Waals surface area contributed by atoms with Crippen LogP contribution >= 0.6 is 0 Å². The number of benzene rings is 1. The van der Waals surface area contributed by atoms with Crippen molar-refractivity contribution in [1.82, 2.24) is 14.0 Å². The Hall–Kier alpha value is -2.35. The zero-order chi connectivity index (χ0) is 21.7. The quantitative estimate of drug-likeness (QED) is 0.481. The lowest BCUT2D eigenvalue weighted by Crippen LogP contribution is -2.37. The molecule has 1 amide bonds. The summed E-state index contributed by atoms with van der Waals surface area (Å²) < 4.78 is 20.2. The van der Waals surface area contributed by atoms with E-state index in [0.29, 0.717) is 45.1 Å². The Morgan fingerprint density at radius 3 is 2.20 bits per heavy atom. The molecule has 0 atom stereocenters. The lowest BCUT2D eigenvalue weighted by atomic mass is 10.2. The van der Waals surface area contributed by atoms with Gasteiger partial charge in [-0.2, -0.15) is 0 Å². The second-order valence-corrected chi connectivity index (χ2v) is 7.67. The number of rotatable bonds is 11. The number of aromatic nitrogens is 2. The van der Waals surface area contributed by atoms with Crippen molar-refractivity contribution in [3.8, 4) is 0 Å². The smallest absolute Gasteiger partial charge is 0.270 e. The first kappa shape index (κ1) is 22.3. The van der Waals surface area contributed by atoms with E-state index in [1.54, 1.807) is 26.2 Å². The Labute approximate surface area is 178 Å². The zero-order valence-corrected chi connectivity index (χ0v) is 18.7. The molecule has 0 radical (unpaired) electrons. The number of amides is 1. The van der Waals surface area contributed by atoms with Gasteiger partial charge in [-0.05, 0) is 26.0 Å². The molecule has 7 heteroatoms. The first-order valence-electron chi connectivity index (χ1n) is 10.4. The number of carbonyl (C=O) groups is 1. The summed E-state index contributed by atoms with van der Waals surface area (Å²) in [5.74, 6) is -0.0178. The van der Waals surface area contributed by atoms with E-state index in [4.69, 9.17) is 14.2 Å². The third kappa shape index (κ3) is 4.24. The number of methoxy groups -OCH3 is 3. The molecule has 30 heavy (non-hydrogen) atoms. The molecule has 0 aliphatic carbocycles. The van der Waals surface area contributed by atoms with Gasteiger partial charge in [-0.15, -0.1) is 0 Å². The van der Waals surface area contributed by atoms with Gasteiger partial charge in [-0.25, -0.2) is 0 Å². The van der Waals surface area contributed by atoms with E-state index >= 15 is 0 Å². The molecule has 164 valence electrons. The van der Waals surface area contributed by atoms with E-state index in [2.05, 4.69) is 41.2 Å². The molecule has 0 aliphatic heterocycles. The molecule has 2 aromatic heterocycles. The summed E-state index contributed by atoms with van der Waals surface area (Å²) in [4.78, 5) is 15.4. The number of nitrogens with zero attached hydrogens (tertiary/aromatic N) is 3. The molecule has 0 fully saturated rings. The number of para-hydroxylation sites is 1. The van der Waals surface area contributed by atoms with Crippen molar-refractivity contribution in [3.63, 3.8) is 0 Å². The minimum atomic E-state index is -0.0178. The molecule has 2 heterocycles. The van der Waals surface area contributed by atoms with Crippen molar-refractivity contribution in [3.05, 3.63) is 36.0 Å². The molecule has 0 saturated carbocycles. The minimum absolute atomic E-state index is 0.0178. The van der Waals surface area contributed by atoms with Crippen LogP contribution in [0.2, 0.25) is 0 Å². The second-order valence-electron chi connectivity index (χ2n) is 7.67. The molecule has 0 spiro atoms. The van der Waals surface area contributed by atoms with Gasteiger partial charge in [-0.1, -0.05) is 18.2 Å². The molecule has 0 unspecified atom stereocenters. The molecule has 0 N–H and O–H groups in total. The van der Waals surface area contributed by atoms with Crippen molar-refractivity contribution in [2.45, 2.75) is 26.4 Å². The normalized spacial score (nSPS) is 11.8. The molecule has 3 aromatic rings. The number of carbonyl (C=O) groups excluding carboxylic acids is 1. The maximum atomic E-state index is 13.6. The summed E-state index contributed by atoms with van der Waals surface area (Å²) in [6, 6.07) is 10.7. The van der Waals surface area contributed by atoms with Gasteiger partial charge in [-0.3, -0.25) is 4.79 Å². The molecule has 0 saturated heterocycles. The fourth-order valence-electron chi connectivity index (χ4n) is 4.04. The van der Waals surface area contributed by atoms with E-state index in [1.807, 2.05) is 12.1 Å². The Bertz CT molecular complexity index is 981. The Morgan fingerprint density at radius 1 is 0.967 bits per heavy atom. The first-order chi connectivity index (χ1) is 14.5. The van der Waals surface area contributed by atoms with E-state index in [9.17, 15) is 4.79 Å². The average molecular weight is 416 g/mol. The number of hydrogen-bond donors (Lipinski definition) is 0. The predicted molar refractivity (Wildman–Crippen MR) is 119 cm³/mol. The Balaban J connectivity index is 2.17. The Morgan fingerprint density at radius 2 is 1.60 bits per heavy atom. The fraction of sp³-hybridized carbons (Fsp3) is 0.522. The largest absolute Gasteiger partial charge is 0.383 e. The number of hydrogen-bond acceptors (Lipinski definition) is 4. The highest BCUT2D eigenvalue weighted by Crippen LogP contribution is 2.34. The summed E-state index contributed by atoms with van der Waals surface area (Å²) in [5, 5.41) is 1.15. The minimum Gasteiger partial charge on any atom is -0.383 e. The van der Waals surface area contributed by atoms with Crippen LogP contribution in [-0.4, -0.2) is 74.2 Å². The maximum Gasteiger partial charge on any atom is 0.270 e. The summed E-state index contributed by atoms with van der Waals surface area (Å²) >= 11 is 0. The SMILES string of the molecule is COCCN(CCOC)C(=O)c1cc2c(c3ccccc3n2C(C)C)n1CCOC. The van der Waals surface area contributed by atoms with E-state index in [-0.39, 0.29) is 11.9 Å². The second kappa shape index (κ2) is 10.1.